The fraction of sp³-hybridized carbons (Fsp3) is 0.0833. The Labute approximate surface area is 149 Å². The summed E-state index contributed by atoms with van der Waals surface area (Å²) in [4.78, 5) is 0. The van der Waals surface area contributed by atoms with Gasteiger partial charge in [0.05, 0.1) is 6.04 Å². The number of rotatable bonds is 4. The van der Waals surface area contributed by atoms with E-state index in [0.29, 0.717) is 0 Å². The van der Waals surface area contributed by atoms with Crippen LogP contribution in [0.1, 0.15) is 12.0 Å². The minimum atomic E-state index is 0.275. The summed E-state index contributed by atoms with van der Waals surface area (Å²) in [5.41, 5.74) is 6.27. The lowest BCUT2D eigenvalue weighted by Gasteiger charge is -2.25. The largest absolute Gasteiger partial charge is 0.377 e. The molecule has 3 aromatic rings. The van der Waals surface area contributed by atoms with Crippen LogP contribution in [0, 0.1) is 0 Å². The number of hydrogen-bond donors (Lipinski definition) is 1. The second-order valence-corrected chi connectivity index (χ2v) is 6.26. The van der Waals surface area contributed by atoms with Gasteiger partial charge in [0.1, 0.15) is 0 Å². The highest BCUT2D eigenvalue weighted by atomic mass is 14.9. The van der Waals surface area contributed by atoms with Gasteiger partial charge in [-0.1, -0.05) is 97.1 Å². The molecular formula is C24H21N. The third-order valence-corrected chi connectivity index (χ3v) is 4.61. The smallest absolute Gasteiger partial charge is 0.0554 e. The first-order chi connectivity index (χ1) is 12.4. The average molecular weight is 323 g/mol. The lowest BCUT2D eigenvalue weighted by Crippen LogP contribution is -2.22. The Kier molecular flexibility index (Phi) is 4.47. The molecule has 122 valence electrons. The van der Waals surface area contributed by atoms with Gasteiger partial charge in [-0.05, 0) is 29.2 Å². The molecule has 3 aromatic carbocycles. The summed E-state index contributed by atoms with van der Waals surface area (Å²) in [6.45, 7) is 0. The molecule has 1 N–H and O–H groups in total. The van der Waals surface area contributed by atoms with E-state index in [2.05, 4.69) is 108 Å². The predicted molar refractivity (Wildman–Crippen MR) is 107 cm³/mol. The zero-order valence-corrected chi connectivity index (χ0v) is 14.1. The lowest BCUT2D eigenvalue weighted by molar-refractivity contribution is 0.902. The first-order valence-electron chi connectivity index (χ1n) is 8.75. The molecule has 0 aromatic heterocycles. The fourth-order valence-corrected chi connectivity index (χ4v) is 3.36. The summed E-state index contributed by atoms with van der Waals surface area (Å²) in [6.07, 6.45) is 7.60. The molecule has 0 heterocycles. The zero-order valence-electron chi connectivity index (χ0n) is 14.1. The van der Waals surface area contributed by atoms with Crippen LogP contribution in [0.3, 0.4) is 0 Å². The second-order valence-electron chi connectivity index (χ2n) is 6.26. The van der Waals surface area contributed by atoms with Gasteiger partial charge in [-0.25, -0.2) is 0 Å². The summed E-state index contributed by atoms with van der Waals surface area (Å²) in [7, 11) is 0. The van der Waals surface area contributed by atoms with Gasteiger partial charge < -0.3 is 5.32 Å². The van der Waals surface area contributed by atoms with Crippen molar-refractivity contribution in [2.45, 2.75) is 12.5 Å². The number of benzene rings is 3. The van der Waals surface area contributed by atoms with Crippen LogP contribution < -0.4 is 5.32 Å². The number of nitrogens with one attached hydrogen (secondary N) is 1. The van der Waals surface area contributed by atoms with E-state index in [1.807, 2.05) is 0 Å². The van der Waals surface area contributed by atoms with Crippen LogP contribution in [0.4, 0.5) is 5.69 Å². The molecule has 0 amide bonds. The Bertz CT molecular complexity index is 892. The summed E-state index contributed by atoms with van der Waals surface area (Å²) >= 11 is 0. The Hall–Kier alpha value is -3.06. The van der Waals surface area contributed by atoms with Crippen molar-refractivity contribution in [2.75, 3.05) is 5.32 Å². The molecule has 0 fully saturated rings. The van der Waals surface area contributed by atoms with E-state index >= 15 is 0 Å². The van der Waals surface area contributed by atoms with Crippen LogP contribution in [0.2, 0.25) is 0 Å². The van der Waals surface area contributed by atoms with Gasteiger partial charge in [0.2, 0.25) is 0 Å². The quantitative estimate of drug-likeness (QED) is 0.604. The Morgan fingerprint density at radius 1 is 0.680 bits per heavy atom. The molecule has 4 rings (SSSR count). The molecule has 1 aliphatic carbocycles. The monoisotopic (exact) mass is 323 g/mol. The van der Waals surface area contributed by atoms with Crippen LogP contribution in [-0.4, -0.2) is 6.04 Å². The van der Waals surface area contributed by atoms with E-state index in [0.717, 1.165) is 6.42 Å². The van der Waals surface area contributed by atoms with E-state index in [-0.39, 0.29) is 6.04 Å². The predicted octanol–water partition coefficient (Wildman–Crippen LogP) is 6.18. The Morgan fingerprint density at radius 3 is 2.08 bits per heavy atom. The minimum Gasteiger partial charge on any atom is -0.377 e. The Balaban J connectivity index is 1.67. The molecular weight excluding hydrogens is 302 g/mol. The topological polar surface area (TPSA) is 12.0 Å². The summed E-state index contributed by atoms with van der Waals surface area (Å²) in [5, 5.41) is 3.78. The van der Waals surface area contributed by atoms with Crippen LogP contribution >= 0.6 is 0 Å². The summed E-state index contributed by atoms with van der Waals surface area (Å²) in [6, 6.07) is 30.0. The molecule has 25 heavy (non-hydrogen) atoms. The third kappa shape index (κ3) is 3.41. The zero-order chi connectivity index (χ0) is 16.9. The molecule has 1 nitrogen and oxygen atoms in total. The van der Waals surface area contributed by atoms with Crippen molar-refractivity contribution in [2.24, 2.45) is 0 Å². The van der Waals surface area contributed by atoms with Crippen molar-refractivity contribution in [3.05, 3.63) is 109 Å². The van der Waals surface area contributed by atoms with Crippen molar-refractivity contribution in [1.82, 2.24) is 0 Å². The van der Waals surface area contributed by atoms with Gasteiger partial charge >= 0.3 is 0 Å². The van der Waals surface area contributed by atoms with Crippen LogP contribution in [0.5, 0.6) is 0 Å². The third-order valence-electron chi connectivity index (χ3n) is 4.61. The lowest BCUT2D eigenvalue weighted by atomic mass is 9.91. The summed E-state index contributed by atoms with van der Waals surface area (Å²) in [5.74, 6) is 0. The van der Waals surface area contributed by atoms with Gasteiger partial charge in [0.25, 0.3) is 0 Å². The van der Waals surface area contributed by atoms with Crippen molar-refractivity contribution < 1.29 is 0 Å². The molecule has 0 aliphatic heterocycles. The van der Waals surface area contributed by atoms with Crippen LogP contribution in [0.25, 0.3) is 16.7 Å². The average Bonchev–Trinajstić information content (AvgIpc) is 2.70. The standard InChI is InChI=1S/C24H21N/c1-3-11-19(12-4-1)21-15-7-9-17-23(21)25-24-18-10-8-16-22(24)20-13-5-2-6-14-20/h1-17,24-25H,18H2. The fourth-order valence-electron chi connectivity index (χ4n) is 3.36. The molecule has 0 bridgehead atoms. The molecule has 1 unspecified atom stereocenters. The van der Waals surface area contributed by atoms with Gasteiger partial charge in [-0.15, -0.1) is 0 Å². The van der Waals surface area contributed by atoms with E-state index < -0.39 is 0 Å². The highest BCUT2D eigenvalue weighted by molar-refractivity contribution is 5.81. The van der Waals surface area contributed by atoms with E-state index in [1.54, 1.807) is 0 Å². The molecule has 0 saturated heterocycles. The van der Waals surface area contributed by atoms with Crippen molar-refractivity contribution in [1.29, 1.82) is 0 Å². The second kappa shape index (κ2) is 7.23. The summed E-state index contributed by atoms with van der Waals surface area (Å²) < 4.78 is 0. The van der Waals surface area contributed by atoms with E-state index in [9.17, 15) is 0 Å². The maximum Gasteiger partial charge on any atom is 0.0554 e. The van der Waals surface area contributed by atoms with Crippen molar-refractivity contribution in [3.63, 3.8) is 0 Å². The maximum absolute atomic E-state index is 3.78. The normalized spacial score (nSPS) is 16.3. The van der Waals surface area contributed by atoms with Gasteiger partial charge in [0.15, 0.2) is 0 Å². The number of para-hydroxylation sites is 1. The molecule has 0 saturated carbocycles. The van der Waals surface area contributed by atoms with E-state index in [4.69, 9.17) is 0 Å². The maximum atomic E-state index is 3.78. The molecule has 0 spiro atoms. The molecule has 1 heteroatoms. The number of anilines is 1. The van der Waals surface area contributed by atoms with Crippen LogP contribution in [0.15, 0.2) is 103 Å². The Morgan fingerprint density at radius 2 is 1.32 bits per heavy atom. The van der Waals surface area contributed by atoms with E-state index in [1.165, 1.54) is 28.0 Å². The highest BCUT2D eigenvalue weighted by Crippen LogP contribution is 2.32. The first-order valence-corrected chi connectivity index (χ1v) is 8.75. The van der Waals surface area contributed by atoms with Gasteiger partial charge in [0, 0.05) is 11.3 Å². The van der Waals surface area contributed by atoms with Crippen molar-refractivity contribution in [3.8, 4) is 11.1 Å². The first kappa shape index (κ1) is 15.5. The molecule has 1 aliphatic rings. The van der Waals surface area contributed by atoms with Gasteiger partial charge in [-0.2, -0.15) is 0 Å². The highest BCUT2D eigenvalue weighted by Gasteiger charge is 2.18. The molecule has 0 radical (unpaired) electrons. The SMILES string of the molecule is C1=CCC(Nc2ccccc2-c2ccccc2)C(c2ccccc2)=C1. The minimum absolute atomic E-state index is 0.275. The van der Waals surface area contributed by atoms with Crippen molar-refractivity contribution >= 4 is 11.3 Å². The molecule has 1 atom stereocenters. The number of allylic oxidation sites excluding steroid dienone is 2. The van der Waals surface area contributed by atoms with Crippen LogP contribution in [-0.2, 0) is 0 Å². The van der Waals surface area contributed by atoms with Gasteiger partial charge in [-0.3, -0.25) is 0 Å². The number of hydrogen-bond acceptors (Lipinski definition) is 1.